The number of carboxylic acids is 1. The molecule has 0 aliphatic heterocycles. The van der Waals surface area contributed by atoms with Gasteiger partial charge in [-0.05, 0) is 36.8 Å². The Hall–Kier alpha value is -2.69. The summed E-state index contributed by atoms with van der Waals surface area (Å²) in [6.07, 6.45) is 0. The molecule has 0 aliphatic rings. The highest BCUT2D eigenvalue weighted by molar-refractivity contribution is 6.05. The Balaban J connectivity index is 2.67. The number of benzene rings is 2. The summed E-state index contributed by atoms with van der Waals surface area (Å²) in [4.78, 5) is 23.4. The first-order valence-electron chi connectivity index (χ1n) is 6.34. The number of esters is 1. The van der Waals surface area contributed by atoms with Crippen molar-refractivity contribution in [2.45, 2.75) is 6.92 Å². The largest absolute Gasteiger partial charge is 0.478 e. The van der Waals surface area contributed by atoms with E-state index in [0.717, 1.165) is 0 Å². The highest BCUT2D eigenvalue weighted by Gasteiger charge is 2.20. The normalized spacial score (nSPS) is 10.2. The first-order chi connectivity index (χ1) is 10.0. The van der Waals surface area contributed by atoms with Crippen molar-refractivity contribution in [2.75, 3.05) is 6.61 Å². The SMILES string of the molecule is CCOC(=O)c1cccc(C(=O)O)c1-c1ccc(F)cc1. The maximum absolute atomic E-state index is 13.0. The fraction of sp³-hybridized carbons (Fsp3) is 0.125. The molecule has 1 N–H and O–H groups in total. The zero-order valence-corrected chi connectivity index (χ0v) is 11.3. The number of hydrogen-bond acceptors (Lipinski definition) is 3. The van der Waals surface area contributed by atoms with Gasteiger partial charge in [0.15, 0.2) is 0 Å². The quantitative estimate of drug-likeness (QED) is 0.876. The lowest BCUT2D eigenvalue weighted by Gasteiger charge is -2.12. The van der Waals surface area contributed by atoms with Crippen LogP contribution in [-0.2, 0) is 4.74 Å². The Kier molecular flexibility index (Phi) is 4.33. The molecule has 5 heteroatoms. The molecule has 2 aromatic rings. The van der Waals surface area contributed by atoms with Crippen LogP contribution in [0.15, 0.2) is 42.5 Å². The summed E-state index contributed by atoms with van der Waals surface area (Å²) >= 11 is 0. The van der Waals surface area contributed by atoms with Crippen molar-refractivity contribution < 1.29 is 23.8 Å². The molecule has 21 heavy (non-hydrogen) atoms. The third-order valence-corrected chi connectivity index (χ3v) is 2.92. The van der Waals surface area contributed by atoms with E-state index < -0.39 is 17.8 Å². The lowest BCUT2D eigenvalue weighted by atomic mass is 9.94. The van der Waals surface area contributed by atoms with Crippen LogP contribution in [0.3, 0.4) is 0 Å². The molecule has 0 atom stereocenters. The third kappa shape index (κ3) is 3.08. The van der Waals surface area contributed by atoms with Gasteiger partial charge in [0.05, 0.1) is 17.7 Å². The Morgan fingerprint density at radius 2 is 1.71 bits per heavy atom. The van der Waals surface area contributed by atoms with Crippen LogP contribution in [0.25, 0.3) is 11.1 Å². The van der Waals surface area contributed by atoms with Crippen molar-refractivity contribution in [3.63, 3.8) is 0 Å². The first-order valence-corrected chi connectivity index (χ1v) is 6.34. The van der Waals surface area contributed by atoms with Gasteiger partial charge in [-0.2, -0.15) is 0 Å². The highest BCUT2D eigenvalue weighted by atomic mass is 19.1. The summed E-state index contributed by atoms with van der Waals surface area (Å²) in [5, 5.41) is 9.29. The summed E-state index contributed by atoms with van der Waals surface area (Å²) < 4.78 is 18.0. The van der Waals surface area contributed by atoms with Gasteiger partial charge in [0.2, 0.25) is 0 Å². The Morgan fingerprint density at radius 3 is 2.29 bits per heavy atom. The lowest BCUT2D eigenvalue weighted by Crippen LogP contribution is -2.10. The van der Waals surface area contributed by atoms with Crippen molar-refractivity contribution in [3.05, 3.63) is 59.4 Å². The molecular weight excluding hydrogens is 275 g/mol. The van der Waals surface area contributed by atoms with Crippen LogP contribution in [0.5, 0.6) is 0 Å². The summed E-state index contributed by atoms with van der Waals surface area (Å²) in [6.45, 7) is 1.84. The van der Waals surface area contributed by atoms with E-state index in [2.05, 4.69) is 0 Å². The number of ether oxygens (including phenoxy) is 1. The van der Waals surface area contributed by atoms with Crippen molar-refractivity contribution in [1.29, 1.82) is 0 Å². The highest BCUT2D eigenvalue weighted by Crippen LogP contribution is 2.29. The molecule has 0 amide bonds. The van der Waals surface area contributed by atoms with Crippen molar-refractivity contribution in [3.8, 4) is 11.1 Å². The van der Waals surface area contributed by atoms with Crippen LogP contribution in [0, 0.1) is 5.82 Å². The molecule has 0 spiro atoms. The average molecular weight is 288 g/mol. The van der Waals surface area contributed by atoms with E-state index in [0.29, 0.717) is 5.56 Å². The Bertz CT molecular complexity index is 677. The molecule has 0 bridgehead atoms. The molecule has 0 aromatic heterocycles. The second kappa shape index (κ2) is 6.17. The van der Waals surface area contributed by atoms with Gasteiger partial charge in [-0.15, -0.1) is 0 Å². The van der Waals surface area contributed by atoms with E-state index in [9.17, 15) is 19.1 Å². The number of halogens is 1. The van der Waals surface area contributed by atoms with E-state index in [1.165, 1.54) is 42.5 Å². The minimum Gasteiger partial charge on any atom is -0.478 e. The Morgan fingerprint density at radius 1 is 1.10 bits per heavy atom. The predicted octanol–water partition coefficient (Wildman–Crippen LogP) is 3.37. The topological polar surface area (TPSA) is 63.6 Å². The van der Waals surface area contributed by atoms with Gasteiger partial charge in [0.1, 0.15) is 5.82 Å². The van der Waals surface area contributed by atoms with Crippen LogP contribution >= 0.6 is 0 Å². The van der Waals surface area contributed by atoms with Gasteiger partial charge in [0.25, 0.3) is 0 Å². The van der Waals surface area contributed by atoms with Crippen molar-refractivity contribution in [1.82, 2.24) is 0 Å². The summed E-state index contributed by atoms with van der Waals surface area (Å²) in [5.74, 6) is -2.22. The number of hydrogen-bond donors (Lipinski definition) is 1. The first kappa shape index (κ1) is 14.7. The monoisotopic (exact) mass is 288 g/mol. The molecule has 2 aromatic carbocycles. The van der Waals surface area contributed by atoms with Gasteiger partial charge in [-0.1, -0.05) is 18.2 Å². The third-order valence-electron chi connectivity index (χ3n) is 2.92. The van der Waals surface area contributed by atoms with Gasteiger partial charge in [0, 0.05) is 5.56 Å². The minimum absolute atomic E-state index is 0.0350. The molecule has 0 fully saturated rings. The molecule has 0 saturated carbocycles. The van der Waals surface area contributed by atoms with Gasteiger partial charge in [-0.25, -0.2) is 14.0 Å². The lowest BCUT2D eigenvalue weighted by molar-refractivity contribution is 0.0527. The van der Waals surface area contributed by atoms with Gasteiger partial charge < -0.3 is 9.84 Å². The zero-order chi connectivity index (χ0) is 15.4. The number of carboxylic acid groups (broad SMARTS) is 1. The molecule has 108 valence electrons. The van der Waals surface area contributed by atoms with Crippen LogP contribution < -0.4 is 0 Å². The van der Waals surface area contributed by atoms with Crippen LogP contribution in [0.2, 0.25) is 0 Å². The Labute approximate surface area is 120 Å². The van der Waals surface area contributed by atoms with E-state index >= 15 is 0 Å². The van der Waals surface area contributed by atoms with E-state index in [4.69, 9.17) is 4.74 Å². The fourth-order valence-electron chi connectivity index (χ4n) is 2.04. The second-order valence-electron chi connectivity index (χ2n) is 4.26. The fourth-order valence-corrected chi connectivity index (χ4v) is 2.04. The van der Waals surface area contributed by atoms with Gasteiger partial charge in [-0.3, -0.25) is 0 Å². The maximum atomic E-state index is 13.0. The minimum atomic E-state index is -1.17. The molecular formula is C16H13FO4. The molecule has 0 saturated heterocycles. The molecule has 0 heterocycles. The summed E-state index contributed by atoms with van der Waals surface area (Å²) in [7, 11) is 0. The number of carbonyl (C=O) groups is 2. The standard InChI is InChI=1S/C16H13FO4/c1-2-21-16(20)13-5-3-4-12(15(18)19)14(13)10-6-8-11(17)9-7-10/h3-9H,2H2,1H3,(H,18,19). The van der Waals surface area contributed by atoms with Crippen molar-refractivity contribution in [2.24, 2.45) is 0 Å². The number of aromatic carboxylic acids is 1. The van der Waals surface area contributed by atoms with Crippen LogP contribution in [0.4, 0.5) is 4.39 Å². The predicted molar refractivity (Wildman–Crippen MR) is 74.8 cm³/mol. The number of rotatable bonds is 4. The van der Waals surface area contributed by atoms with E-state index in [1.807, 2.05) is 0 Å². The molecule has 0 radical (unpaired) electrons. The molecule has 0 aliphatic carbocycles. The summed E-state index contributed by atoms with van der Waals surface area (Å²) in [6, 6.07) is 9.64. The maximum Gasteiger partial charge on any atom is 0.338 e. The smallest absolute Gasteiger partial charge is 0.338 e. The van der Waals surface area contributed by atoms with E-state index in [1.54, 1.807) is 6.92 Å². The van der Waals surface area contributed by atoms with E-state index in [-0.39, 0.29) is 23.3 Å². The number of carbonyl (C=O) groups excluding carboxylic acids is 1. The van der Waals surface area contributed by atoms with Crippen LogP contribution in [0.1, 0.15) is 27.6 Å². The zero-order valence-electron chi connectivity index (χ0n) is 11.3. The second-order valence-corrected chi connectivity index (χ2v) is 4.26. The van der Waals surface area contributed by atoms with Crippen molar-refractivity contribution >= 4 is 11.9 Å². The van der Waals surface area contributed by atoms with Crippen LogP contribution in [-0.4, -0.2) is 23.7 Å². The van der Waals surface area contributed by atoms with Gasteiger partial charge >= 0.3 is 11.9 Å². The average Bonchev–Trinajstić information content (AvgIpc) is 2.47. The molecule has 0 unspecified atom stereocenters. The molecule has 4 nitrogen and oxygen atoms in total. The summed E-state index contributed by atoms with van der Waals surface area (Å²) in [5.41, 5.74) is 0.774. The molecule has 2 rings (SSSR count).